The fourth-order valence-corrected chi connectivity index (χ4v) is 4.71. The van der Waals surface area contributed by atoms with Gasteiger partial charge in [-0.1, -0.05) is 13.3 Å². The van der Waals surface area contributed by atoms with Gasteiger partial charge in [0.05, 0.1) is 4.90 Å². The van der Waals surface area contributed by atoms with Gasteiger partial charge in [-0.2, -0.15) is 0 Å². The summed E-state index contributed by atoms with van der Waals surface area (Å²) in [6, 6.07) is 7.77. The Hall–Kier alpha value is -2.91. The van der Waals surface area contributed by atoms with E-state index in [9.17, 15) is 13.2 Å². The van der Waals surface area contributed by atoms with Crippen LogP contribution in [-0.4, -0.2) is 48.4 Å². The Kier molecular flexibility index (Phi) is 8.56. The number of benzene rings is 1. The third-order valence-corrected chi connectivity index (χ3v) is 7.12. The molecule has 0 amide bonds. The van der Waals surface area contributed by atoms with Crippen LogP contribution in [0.5, 0.6) is 5.75 Å². The number of sulfone groups is 1. The number of hydrogen-bond donors (Lipinski definition) is 0. The van der Waals surface area contributed by atoms with Crippen LogP contribution in [0.4, 0.5) is 5.95 Å². The summed E-state index contributed by atoms with van der Waals surface area (Å²) in [4.78, 5) is 24.2. The van der Waals surface area contributed by atoms with Crippen LogP contribution < -0.4 is 15.2 Å². The average Bonchev–Trinajstić information content (AvgIpc) is 2.82. The smallest absolute Gasteiger partial charge is 0.258 e. The van der Waals surface area contributed by atoms with E-state index in [1.54, 1.807) is 18.3 Å². The van der Waals surface area contributed by atoms with Gasteiger partial charge in [0.1, 0.15) is 11.9 Å². The van der Waals surface area contributed by atoms with Gasteiger partial charge in [-0.15, -0.1) is 12.4 Å². The van der Waals surface area contributed by atoms with Gasteiger partial charge in [0.2, 0.25) is 5.95 Å². The van der Waals surface area contributed by atoms with E-state index in [1.807, 2.05) is 19.3 Å². The third kappa shape index (κ3) is 6.41. The molecule has 8 nitrogen and oxygen atoms in total. The van der Waals surface area contributed by atoms with E-state index in [1.165, 1.54) is 22.8 Å². The Labute approximate surface area is 212 Å². The van der Waals surface area contributed by atoms with Crippen LogP contribution in [0, 0.1) is 6.92 Å². The van der Waals surface area contributed by atoms with Crippen LogP contribution in [0.3, 0.4) is 0 Å². The van der Waals surface area contributed by atoms with E-state index in [0.29, 0.717) is 11.4 Å². The summed E-state index contributed by atoms with van der Waals surface area (Å²) < 4.78 is 31.1. The second-order valence-corrected chi connectivity index (χ2v) is 10.8. The molecule has 35 heavy (non-hydrogen) atoms. The van der Waals surface area contributed by atoms with Gasteiger partial charge in [0.15, 0.2) is 9.84 Å². The summed E-state index contributed by atoms with van der Waals surface area (Å²) in [5, 5.41) is 0. The molecule has 1 saturated heterocycles. The third-order valence-electron chi connectivity index (χ3n) is 6.00. The van der Waals surface area contributed by atoms with Crippen molar-refractivity contribution in [2.75, 3.05) is 24.2 Å². The molecule has 0 atom stereocenters. The summed E-state index contributed by atoms with van der Waals surface area (Å²) in [6.07, 6.45) is 10.4. The number of aryl methyl sites for hydroxylation is 2. The maximum absolute atomic E-state index is 12.8. The number of hydrogen-bond acceptors (Lipinski definition) is 7. The van der Waals surface area contributed by atoms with Crippen molar-refractivity contribution in [1.29, 1.82) is 0 Å². The van der Waals surface area contributed by atoms with E-state index in [0.717, 1.165) is 62.1 Å². The molecule has 0 N–H and O–H groups in total. The predicted octanol–water partition coefficient (Wildman–Crippen LogP) is 3.76. The Morgan fingerprint density at radius 3 is 2.29 bits per heavy atom. The molecule has 1 aromatic carbocycles. The van der Waals surface area contributed by atoms with Crippen molar-refractivity contribution in [2.45, 2.75) is 50.5 Å². The number of rotatable bonds is 7. The number of halogens is 1. The minimum absolute atomic E-state index is 0. The van der Waals surface area contributed by atoms with Gasteiger partial charge >= 0.3 is 0 Å². The molecule has 0 bridgehead atoms. The first-order chi connectivity index (χ1) is 16.2. The molecule has 1 aliphatic heterocycles. The van der Waals surface area contributed by atoms with Crippen molar-refractivity contribution in [1.82, 2.24) is 14.5 Å². The van der Waals surface area contributed by atoms with Gasteiger partial charge in [-0.05, 0) is 43.2 Å². The standard InChI is InChI=1S/C25H30N4O4S.ClH/c1-4-5-19-15-26-25(27-16-19)28-12-10-21(11-13-28)33-23-14-24(30)29(17-18(23)2)20-6-8-22(9-7-20)34(3,31)32;/h6-9,14-17,21H,4-5,10-13H2,1-3H3;1H. The molecule has 1 aliphatic rings. The normalized spacial score (nSPS) is 14.4. The first kappa shape index (κ1) is 26.7. The number of pyridine rings is 1. The molecule has 1 fully saturated rings. The number of anilines is 1. The SMILES string of the molecule is CCCc1cnc(N2CCC(Oc3cc(=O)n(-c4ccc(S(C)(=O)=O)cc4)cc3C)CC2)nc1.Cl. The highest BCUT2D eigenvalue weighted by Gasteiger charge is 2.23. The Morgan fingerprint density at radius 1 is 1.09 bits per heavy atom. The molecule has 3 heterocycles. The first-order valence-corrected chi connectivity index (χ1v) is 13.4. The van der Waals surface area contributed by atoms with Gasteiger partial charge in [0, 0.05) is 68.1 Å². The van der Waals surface area contributed by atoms with Crippen LogP contribution in [0.2, 0.25) is 0 Å². The second kappa shape index (κ2) is 11.2. The van der Waals surface area contributed by atoms with E-state index in [4.69, 9.17) is 4.74 Å². The van der Waals surface area contributed by atoms with Crippen LogP contribution >= 0.6 is 12.4 Å². The van der Waals surface area contributed by atoms with Gasteiger partial charge in [-0.3, -0.25) is 9.36 Å². The lowest BCUT2D eigenvalue weighted by atomic mass is 10.1. The van der Waals surface area contributed by atoms with E-state index in [-0.39, 0.29) is 29.0 Å². The predicted molar refractivity (Wildman–Crippen MR) is 139 cm³/mol. The monoisotopic (exact) mass is 518 g/mol. The zero-order valence-electron chi connectivity index (χ0n) is 20.2. The van der Waals surface area contributed by atoms with Gasteiger partial charge in [-0.25, -0.2) is 18.4 Å². The van der Waals surface area contributed by atoms with Crippen molar-refractivity contribution in [3.05, 3.63) is 70.4 Å². The molecular weight excluding hydrogens is 488 g/mol. The molecule has 10 heteroatoms. The van der Waals surface area contributed by atoms with Crippen LogP contribution in [0.1, 0.15) is 37.3 Å². The van der Waals surface area contributed by atoms with Crippen molar-refractivity contribution in [3.8, 4) is 11.4 Å². The summed E-state index contributed by atoms with van der Waals surface area (Å²) in [6.45, 7) is 5.62. The first-order valence-electron chi connectivity index (χ1n) is 11.5. The highest BCUT2D eigenvalue weighted by atomic mass is 35.5. The summed E-state index contributed by atoms with van der Waals surface area (Å²) in [5.41, 5.74) is 2.36. The highest BCUT2D eigenvalue weighted by molar-refractivity contribution is 7.90. The highest BCUT2D eigenvalue weighted by Crippen LogP contribution is 2.24. The maximum atomic E-state index is 12.8. The molecule has 0 spiro atoms. The molecule has 0 radical (unpaired) electrons. The number of nitrogens with zero attached hydrogens (tertiary/aromatic N) is 4. The molecule has 2 aromatic heterocycles. The minimum Gasteiger partial charge on any atom is -0.490 e. The lowest BCUT2D eigenvalue weighted by molar-refractivity contribution is 0.169. The van der Waals surface area contributed by atoms with Crippen molar-refractivity contribution < 1.29 is 13.2 Å². The van der Waals surface area contributed by atoms with Crippen LogP contribution in [0.25, 0.3) is 5.69 Å². The molecule has 0 saturated carbocycles. The van der Waals surface area contributed by atoms with E-state index in [2.05, 4.69) is 21.8 Å². The summed E-state index contributed by atoms with van der Waals surface area (Å²) >= 11 is 0. The molecular formula is C25H31ClN4O4S. The molecule has 3 aromatic rings. The largest absolute Gasteiger partial charge is 0.490 e. The Balaban J connectivity index is 0.00000342. The molecule has 188 valence electrons. The molecule has 4 rings (SSSR count). The molecule has 0 aliphatic carbocycles. The second-order valence-electron chi connectivity index (χ2n) is 8.74. The zero-order chi connectivity index (χ0) is 24.3. The minimum atomic E-state index is -3.29. The van der Waals surface area contributed by atoms with Gasteiger partial charge < -0.3 is 9.64 Å². The van der Waals surface area contributed by atoms with Crippen LogP contribution in [-0.2, 0) is 16.3 Å². The number of ether oxygens (including phenoxy) is 1. The zero-order valence-corrected chi connectivity index (χ0v) is 21.8. The quantitative estimate of drug-likeness (QED) is 0.470. The number of piperidine rings is 1. The van der Waals surface area contributed by atoms with Crippen molar-refractivity contribution in [3.63, 3.8) is 0 Å². The van der Waals surface area contributed by atoms with Crippen molar-refractivity contribution in [2.24, 2.45) is 0 Å². The maximum Gasteiger partial charge on any atom is 0.258 e. The average molecular weight is 519 g/mol. The summed E-state index contributed by atoms with van der Waals surface area (Å²) in [5.74, 6) is 1.33. The van der Waals surface area contributed by atoms with Crippen molar-refractivity contribution >= 4 is 28.2 Å². The Bertz CT molecular complexity index is 1300. The summed E-state index contributed by atoms with van der Waals surface area (Å²) in [7, 11) is -3.29. The fourth-order valence-electron chi connectivity index (χ4n) is 4.08. The van der Waals surface area contributed by atoms with E-state index >= 15 is 0 Å². The van der Waals surface area contributed by atoms with Crippen LogP contribution in [0.15, 0.2) is 58.6 Å². The Morgan fingerprint density at radius 2 is 1.71 bits per heavy atom. The van der Waals surface area contributed by atoms with Gasteiger partial charge in [0.25, 0.3) is 5.56 Å². The fraction of sp³-hybridized carbons (Fsp3) is 0.400. The topological polar surface area (TPSA) is 94.4 Å². The number of aromatic nitrogens is 3. The molecule has 0 unspecified atom stereocenters. The lowest BCUT2D eigenvalue weighted by Crippen LogP contribution is -2.39. The lowest BCUT2D eigenvalue weighted by Gasteiger charge is -2.32. The van der Waals surface area contributed by atoms with E-state index < -0.39 is 9.84 Å².